The summed E-state index contributed by atoms with van der Waals surface area (Å²) in [5.41, 5.74) is 3.29. The number of hydrogen-bond donors (Lipinski definition) is 1. The molecule has 0 atom stereocenters. The summed E-state index contributed by atoms with van der Waals surface area (Å²) in [4.78, 5) is 33.9. The molecule has 2 aliphatic heterocycles. The van der Waals surface area contributed by atoms with Crippen LogP contribution in [0.25, 0.3) is 6.08 Å². The molecule has 0 spiro atoms. The number of methoxy groups -OCH3 is 1. The number of carbonyl (C=O) groups excluding carboxylic acids is 2. The minimum Gasteiger partial charge on any atom is -0.497 e. The Morgan fingerprint density at radius 1 is 1.05 bits per heavy atom. The molecule has 0 saturated carbocycles. The van der Waals surface area contributed by atoms with Gasteiger partial charge in [-0.25, -0.2) is 0 Å². The van der Waals surface area contributed by atoms with Crippen molar-refractivity contribution in [2.45, 2.75) is 11.3 Å². The summed E-state index contributed by atoms with van der Waals surface area (Å²) in [6.45, 7) is 5.49. The second kappa shape index (κ2) is 12.8. The number of fused-ring (bicyclic) bond motifs is 1. The summed E-state index contributed by atoms with van der Waals surface area (Å²) in [6.07, 6.45) is 2.69. The molecular formula is C31H33ClN4O3S. The van der Waals surface area contributed by atoms with Gasteiger partial charge < -0.3 is 19.9 Å². The van der Waals surface area contributed by atoms with Crippen molar-refractivity contribution in [3.05, 3.63) is 87.8 Å². The fraction of sp³-hybridized carbons (Fsp3) is 0.290. The summed E-state index contributed by atoms with van der Waals surface area (Å²) in [5.74, 6) is 0.618. The Balaban J connectivity index is 1.10. The fourth-order valence-corrected chi connectivity index (χ4v) is 6.17. The first-order valence-electron chi connectivity index (χ1n) is 13.4. The molecule has 0 unspecified atom stereocenters. The Labute approximate surface area is 244 Å². The lowest BCUT2D eigenvalue weighted by atomic mass is 10.1. The van der Waals surface area contributed by atoms with E-state index in [0.717, 1.165) is 61.0 Å². The van der Waals surface area contributed by atoms with Gasteiger partial charge in [-0.2, -0.15) is 0 Å². The normalized spacial score (nSPS) is 16.7. The van der Waals surface area contributed by atoms with Gasteiger partial charge in [0.15, 0.2) is 0 Å². The van der Waals surface area contributed by atoms with E-state index in [4.69, 9.17) is 16.3 Å². The molecule has 9 heteroatoms. The summed E-state index contributed by atoms with van der Waals surface area (Å²) in [5, 5.41) is 3.64. The second-order valence-electron chi connectivity index (χ2n) is 9.82. The van der Waals surface area contributed by atoms with Crippen molar-refractivity contribution in [3.8, 4) is 5.75 Å². The number of likely N-dealkylation sites (N-methyl/N-ethyl adjacent to an activating group) is 1. The lowest BCUT2D eigenvalue weighted by Crippen LogP contribution is -2.47. The summed E-state index contributed by atoms with van der Waals surface area (Å²) in [7, 11) is 3.41. The number of ether oxygens (including phenoxy) is 1. The van der Waals surface area contributed by atoms with Gasteiger partial charge >= 0.3 is 0 Å². The number of thioether (sulfide) groups is 1. The fourth-order valence-electron chi connectivity index (χ4n) is 4.90. The molecule has 0 aliphatic carbocycles. The highest BCUT2D eigenvalue weighted by Crippen LogP contribution is 2.42. The average Bonchev–Trinajstić information content (AvgIpc) is 2.99. The molecule has 2 aliphatic rings. The van der Waals surface area contributed by atoms with E-state index in [1.807, 2.05) is 48.5 Å². The SMILES string of the molecule is COc1ccc(N2CCN(CCCNC(=O)c3ccc4c(c3)N(C)C(=O)/C(=C\c3ccccc3Cl)S4)CC2)cc1. The smallest absolute Gasteiger partial charge is 0.264 e. The molecule has 7 nitrogen and oxygen atoms in total. The predicted octanol–water partition coefficient (Wildman–Crippen LogP) is 5.40. The summed E-state index contributed by atoms with van der Waals surface area (Å²) >= 11 is 7.68. The average molecular weight is 577 g/mol. The minimum atomic E-state index is -0.129. The number of nitrogens with one attached hydrogen (secondary N) is 1. The molecule has 40 heavy (non-hydrogen) atoms. The number of nitrogens with zero attached hydrogens (tertiary/aromatic N) is 3. The van der Waals surface area contributed by atoms with Crippen molar-refractivity contribution in [2.75, 3.05) is 63.2 Å². The number of halogens is 1. The van der Waals surface area contributed by atoms with E-state index in [2.05, 4.69) is 27.2 Å². The van der Waals surface area contributed by atoms with E-state index in [9.17, 15) is 9.59 Å². The van der Waals surface area contributed by atoms with Crippen LogP contribution in [0.2, 0.25) is 5.02 Å². The first-order valence-corrected chi connectivity index (χ1v) is 14.6. The predicted molar refractivity (Wildman–Crippen MR) is 164 cm³/mol. The van der Waals surface area contributed by atoms with Crippen LogP contribution < -0.4 is 19.9 Å². The number of amides is 2. The third-order valence-electron chi connectivity index (χ3n) is 7.26. The zero-order valence-electron chi connectivity index (χ0n) is 22.7. The quantitative estimate of drug-likeness (QED) is 0.286. The van der Waals surface area contributed by atoms with E-state index in [1.54, 1.807) is 31.2 Å². The van der Waals surface area contributed by atoms with E-state index in [-0.39, 0.29) is 11.8 Å². The number of hydrogen-bond acceptors (Lipinski definition) is 6. The molecule has 208 valence electrons. The van der Waals surface area contributed by atoms with Crippen molar-refractivity contribution in [2.24, 2.45) is 0 Å². The van der Waals surface area contributed by atoms with Crippen LogP contribution in [0.5, 0.6) is 5.75 Å². The van der Waals surface area contributed by atoms with E-state index >= 15 is 0 Å². The summed E-state index contributed by atoms with van der Waals surface area (Å²) in [6, 6.07) is 21.2. The highest BCUT2D eigenvalue weighted by molar-refractivity contribution is 8.04. The zero-order valence-corrected chi connectivity index (χ0v) is 24.3. The molecule has 3 aromatic rings. The van der Waals surface area contributed by atoms with Gasteiger partial charge in [0.05, 0.1) is 17.7 Å². The molecule has 1 saturated heterocycles. The van der Waals surface area contributed by atoms with Crippen LogP contribution in [-0.4, -0.2) is 70.1 Å². The van der Waals surface area contributed by atoms with E-state index < -0.39 is 0 Å². The first-order chi connectivity index (χ1) is 19.4. The van der Waals surface area contributed by atoms with E-state index in [0.29, 0.717) is 22.0 Å². The molecule has 1 fully saturated rings. The first kappa shape index (κ1) is 28.1. The zero-order chi connectivity index (χ0) is 28.1. The third-order valence-corrected chi connectivity index (χ3v) is 8.68. The van der Waals surface area contributed by atoms with Gasteiger partial charge in [0.25, 0.3) is 11.8 Å². The van der Waals surface area contributed by atoms with Gasteiger partial charge in [-0.1, -0.05) is 41.6 Å². The molecule has 2 heterocycles. The van der Waals surface area contributed by atoms with Gasteiger partial charge in [0.2, 0.25) is 0 Å². The number of carbonyl (C=O) groups is 2. The molecule has 0 radical (unpaired) electrons. The van der Waals surface area contributed by atoms with Crippen molar-refractivity contribution in [3.63, 3.8) is 0 Å². The maximum atomic E-state index is 13.1. The Hall–Kier alpha value is -3.46. The largest absolute Gasteiger partial charge is 0.497 e. The van der Waals surface area contributed by atoms with Gasteiger partial charge in [-0.05, 0) is 73.1 Å². The van der Waals surface area contributed by atoms with E-state index in [1.165, 1.54) is 17.4 Å². The maximum absolute atomic E-state index is 13.1. The minimum absolute atomic E-state index is 0.123. The highest BCUT2D eigenvalue weighted by atomic mass is 35.5. The number of anilines is 2. The number of benzene rings is 3. The standard InChI is InChI=1S/C31H33ClN4O3S/c1-34-27-20-23(8-13-28(27)40-29(31(34)38)21-22-6-3-4-7-26(22)32)30(37)33-14-5-15-35-16-18-36(19-17-35)24-9-11-25(39-2)12-10-24/h3-4,6-13,20-21H,5,14-19H2,1-2H3,(H,33,37)/b29-21+. The number of rotatable bonds is 8. The van der Waals surface area contributed by atoms with Crippen LogP contribution in [0.4, 0.5) is 11.4 Å². The van der Waals surface area contributed by atoms with Gasteiger partial charge in [-0.3, -0.25) is 14.5 Å². The van der Waals surface area contributed by atoms with Gasteiger partial charge in [0, 0.05) is 60.9 Å². The van der Waals surface area contributed by atoms with Crippen LogP contribution in [0.15, 0.2) is 76.5 Å². The Bertz CT molecular complexity index is 1400. The van der Waals surface area contributed by atoms with Crippen molar-refractivity contribution >= 4 is 52.6 Å². The Morgan fingerprint density at radius 2 is 1.80 bits per heavy atom. The van der Waals surface area contributed by atoms with Gasteiger partial charge in [0.1, 0.15) is 5.75 Å². The third kappa shape index (κ3) is 6.46. The highest BCUT2D eigenvalue weighted by Gasteiger charge is 2.27. The van der Waals surface area contributed by atoms with Crippen molar-refractivity contribution in [1.82, 2.24) is 10.2 Å². The molecule has 0 aromatic heterocycles. The van der Waals surface area contributed by atoms with Crippen molar-refractivity contribution < 1.29 is 14.3 Å². The van der Waals surface area contributed by atoms with Gasteiger partial charge in [-0.15, -0.1) is 0 Å². The topological polar surface area (TPSA) is 65.1 Å². The second-order valence-corrected chi connectivity index (χ2v) is 11.3. The molecule has 1 N–H and O–H groups in total. The summed E-state index contributed by atoms with van der Waals surface area (Å²) < 4.78 is 5.25. The molecule has 0 bridgehead atoms. The lowest BCUT2D eigenvalue weighted by molar-refractivity contribution is -0.114. The van der Waals surface area contributed by atoms with Crippen LogP contribution >= 0.6 is 23.4 Å². The van der Waals surface area contributed by atoms with Crippen LogP contribution in [0, 0.1) is 0 Å². The Morgan fingerprint density at radius 3 is 2.52 bits per heavy atom. The monoisotopic (exact) mass is 576 g/mol. The van der Waals surface area contributed by atoms with Crippen LogP contribution in [0.3, 0.4) is 0 Å². The molecular weight excluding hydrogens is 544 g/mol. The maximum Gasteiger partial charge on any atom is 0.264 e. The van der Waals surface area contributed by atoms with Crippen LogP contribution in [-0.2, 0) is 4.79 Å². The molecule has 3 aromatic carbocycles. The van der Waals surface area contributed by atoms with Crippen LogP contribution in [0.1, 0.15) is 22.3 Å². The molecule has 5 rings (SSSR count). The lowest BCUT2D eigenvalue weighted by Gasteiger charge is -2.36. The Kier molecular flexibility index (Phi) is 8.99. The van der Waals surface area contributed by atoms with Crippen molar-refractivity contribution in [1.29, 1.82) is 0 Å². The molecule has 2 amide bonds. The number of piperazine rings is 1.